The van der Waals surface area contributed by atoms with Crippen LogP contribution in [0.4, 0.5) is 16.5 Å². The van der Waals surface area contributed by atoms with Gasteiger partial charge in [-0.05, 0) is 43.7 Å². The smallest absolute Gasteiger partial charge is 0.231 e. The number of hydrogen-bond acceptors (Lipinski definition) is 5. The molecule has 0 atom stereocenters. The number of nitrogens with one attached hydrogen (secondary N) is 1. The number of para-hydroxylation sites is 1. The van der Waals surface area contributed by atoms with Crippen LogP contribution < -0.4 is 5.32 Å². The number of aromatic hydroxyl groups is 1. The Morgan fingerprint density at radius 3 is 2.77 bits per heavy atom. The Kier molecular flexibility index (Phi) is 4.26. The summed E-state index contributed by atoms with van der Waals surface area (Å²) in [6, 6.07) is 13.7. The molecule has 0 bridgehead atoms. The molecular formula is C20H16ClN3OS. The van der Waals surface area contributed by atoms with Gasteiger partial charge < -0.3 is 10.4 Å². The highest BCUT2D eigenvalue weighted by Gasteiger charge is 2.19. The first kappa shape index (κ1) is 16.8. The summed E-state index contributed by atoms with van der Waals surface area (Å²) in [5.74, 6) is 0.000361. The highest BCUT2D eigenvalue weighted by molar-refractivity contribution is 7.16. The Labute approximate surface area is 160 Å². The molecule has 0 spiro atoms. The zero-order chi connectivity index (χ0) is 18.3. The van der Waals surface area contributed by atoms with Gasteiger partial charge in [-0.2, -0.15) is 4.98 Å². The number of rotatable bonds is 3. The van der Waals surface area contributed by atoms with Crippen LogP contribution >= 0.6 is 22.9 Å². The molecule has 26 heavy (non-hydrogen) atoms. The number of fused-ring (bicyclic) bond motifs is 1. The molecule has 0 unspecified atom stereocenters. The van der Waals surface area contributed by atoms with Gasteiger partial charge in [0, 0.05) is 27.6 Å². The molecule has 1 aliphatic rings. The molecule has 6 heteroatoms. The average molecular weight is 382 g/mol. The van der Waals surface area contributed by atoms with Gasteiger partial charge >= 0.3 is 0 Å². The Bertz CT molecular complexity index is 1070. The molecule has 2 N–H and O–H groups in total. The minimum absolute atomic E-state index is 0.000361. The maximum atomic E-state index is 10.3. The third-order valence-corrected chi connectivity index (χ3v) is 5.52. The number of hydrogen-bond donors (Lipinski definition) is 2. The van der Waals surface area contributed by atoms with Crippen molar-refractivity contribution in [3.63, 3.8) is 0 Å². The summed E-state index contributed by atoms with van der Waals surface area (Å²) in [5.41, 5.74) is 5.80. The van der Waals surface area contributed by atoms with Crippen molar-refractivity contribution in [3.8, 4) is 5.88 Å². The van der Waals surface area contributed by atoms with Crippen LogP contribution in [-0.2, 0) is 0 Å². The van der Waals surface area contributed by atoms with Crippen molar-refractivity contribution in [3.05, 3.63) is 63.5 Å². The topological polar surface area (TPSA) is 57.5 Å². The zero-order valence-corrected chi connectivity index (χ0v) is 15.8. The van der Waals surface area contributed by atoms with Crippen LogP contribution in [0, 0.1) is 6.92 Å². The van der Waals surface area contributed by atoms with E-state index in [-0.39, 0.29) is 5.88 Å². The fourth-order valence-electron chi connectivity index (χ4n) is 2.81. The predicted octanol–water partition coefficient (Wildman–Crippen LogP) is 6.20. The van der Waals surface area contributed by atoms with E-state index in [0.29, 0.717) is 15.0 Å². The molecule has 3 aromatic rings. The lowest BCUT2D eigenvalue weighted by atomic mass is 10.0. The van der Waals surface area contributed by atoms with E-state index < -0.39 is 0 Å². The Morgan fingerprint density at radius 1 is 1.15 bits per heavy atom. The Balaban J connectivity index is 1.65. The van der Waals surface area contributed by atoms with Gasteiger partial charge in [0.05, 0.1) is 10.6 Å². The van der Waals surface area contributed by atoms with Crippen molar-refractivity contribution < 1.29 is 5.11 Å². The zero-order valence-electron chi connectivity index (χ0n) is 14.2. The van der Waals surface area contributed by atoms with E-state index in [1.54, 1.807) is 0 Å². The monoisotopic (exact) mass is 381 g/mol. The largest absolute Gasteiger partial charge is 0.492 e. The molecular weight excluding hydrogens is 366 g/mol. The molecule has 0 aliphatic carbocycles. The second kappa shape index (κ2) is 6.59. The van der Waals surface area contributed by atoms with Gasteiger partial charge in [0.25, 0.3) is 0 Å². The van der Waals surface area contributed by atoms with Crippen molar-refractivity contribution in [2.75, 3.05) is 5.32 Å². The minimum Gasteiger partial charge on any atom is -0.492 e. The van der Waals surface area contributed by atoms with Crippen LogP contribution in [0.25, 0.3) is 11.6 Å². The van der Waals surface area contributed by atoms with E-state index >= 15 is 0 Å². The number of halogens is 1. The maximum Gasteiger partial charge on any atom is 0.231 e. The molecule has 4 rings (SSSR count). The van der Waals surface area contributed by atoms with Crippen LogP contribution in [0.5, 0.6) is 5.88 Å². The molecule has 2 heterocycles. The summed E-state index contributed by atoms with van der Waals surface area (Å²) in [6.45, 7) is 3.92. The number of allylic oxidation sites excluding steroid dienone is 1. The summed E-state index contributed by atoms with van der Waals surface area (Å²) in [4.78, 5) is 9.48. The summed E-state index contributed by atoms with van der Waals surface area (Å²) < 4.78 is 0. The van der Waals surface area contributed by atoms with Gasteiger partial charge in [-0.25, -0.2) is 0 Å². The SMILES string of the molecule is CC1=Nc2ccccc2/C1=C/c1sc(Nc2ccc(C)c(Cl)c2)nc1O. The number of aromatic nitrogens is 1. The first-order valence-electron chi connectivity index (χ1n) is 8.11. The third-order valence-electron chi connectivity index (χ3n) is 4.21. The first-order valence-corrected chi connectivity index (χ1v) is 9.30. The summed E-state index contributed by atoms with van der Waals surface area (Å²) in [7, 11) is 0. The molecule has 1 aliphatic heterocycles. The highest BCUT2D eigenvalue weighted by Crippen LogP contribution is 2.39. The Hall–Kier alpha value is -2.63. The quantitative estimate of drug-likeness (QED) is 0.567. The van der Waals surface area contributed by atoms with E-state index in [2.05, 4.69) is 15.3 Å². The van der Waals surface area contributed by atoms with E-state index in [0.717, 1.165) is 33.8 Å². The van der Waals surface area contributed by atoms with Crippen LogP contribution in [0.2, 0.25) is 5.02 Å². The van der Waals surface area contributed by atoms with Gasteiger partial charge in [-0.1, -0.05) is 47.2 Å². The first-order chi connectivity index (χ1) is 12.5. The van der Waals surface area contributed by atoms with Gasteiger partial charge in [0.1, 0.15) is 0 Å². The van der Waals surface area contributed by atoms with E-state index in [1.165, 1.54) is 11.3 Å². The summed E-state index contributed by atoms with van der Waals surface area (Å²) in [5, 5.41) is 14.7. The standard InChI is InChI=1S/C20H16ClN3OS/c1-11-7-8-13(9-16(11)21)23-20-24-19(25)18(26-20)10-15-12(2)22-17-6-4-3-5-14(15)17/h3-10,25H,1-2H3,(H,23,24)/b15-10+. The van der Waals surface area contributed by atoms with Crippen molar-refractivity contribution in [2.24, 2.45) is 4.99 Å². The number of aryl methyl sites for hydroxylation is 1. The molecule has 0 amide bonds. The Morgan fingerprint density at radius 2 is 1.96 bits per heavy atom. The maximum absolute atomic E-state index is 10.3. The van der Waals surface area contributed by atoms with Crippen LogP contribution in [0.1, 0.15) is 22.9 Å². The molecule has 0 saturated carbocycles. The van der Waals surface area contributed by atoms with Crippen molar-refractivity contribution >= 4 is 56.8 Å². The number of thiazole rings is 1. The second-order valence-electron chi connectivity index (χ2n) is 6.07. The number of benzene rings is 2. The predicted molar refractivity (Wildman–Crippen MR) is 110 cm³/mol. The van der Waals surface area contributed by atoms with E-state index in [1.807, 2.05) is 62.4 Å². The summed E-state index contributed by atoms with van der Waals surface area (Å²) in [6.07, 6.45) is 1.94. The normalized spacial score (nSPS) is 14.4. The van der Waals surface area contributed by atoms with Crippen molar-refractivity contribution in [2.45, 2.75) is 13.8 Å². The highest BCUT2D eigenvalue weighted by atomic mass is 35.5. The van der Waals surface area contributed by atoms with Gasteiger partial charge in [-0.3, -0.25) is 4.99 Å². The molecule has 130 valence electrons. The van der Waals surface area contributed by atoms with Crippen molar-refractivity contribution in [1.29, 1.82) is 0 Å². The molecule has 2 aromatic carbocycles. The lowest BCUT2D eigenvalue weighted by Crippen LogP contribution is -1.89. The fraction of sp³-hybridized carbons (Fsp3) is 0.100. The van der Waals surface area contributed by atoms with Crippen LogP contribution in [0.3, 0.4) is 0 Å². The number of nitrogens with zero attached hydrogens (tertiary/aromatic N) is 2. The second-order valence-corrected chi connectivity index (χ2v) is 7.51. The lowest BCUT2D eigenvalue weighted by Gasteiger charge is -2.04. The summed E-state index contributed by atoms with van der Waals surface area (Å²) >= 11 is 7.55. The lowest BCUT2D eigenvalue weighted by molar-refractivity contribution is 0.457. The average Bonchev–Trinajstić information content (AvgIpc) is 3.11. The van der Waals surface area contributed by atoms with Crippen LogP contribution in [0.15, 0.2) is 47.5 Å². The molecule has 0 radical (unpaired) electrons. The van der Waals surface area contributed by atoms with Gasteiger partial charge in [0.2, 0.25) is 5.88 Å². The van der Waals surface area contributed by atoms with Gasteiger partial charge in [0.15, 0.2) is 5.13 Å². The number of anilines is 2. The van der Waals surface area contributed by atoms with E-state index in [9.17, 15) is 5.11 Å². The van der Waals surface area contributed by atoms with Crippen LogP contribution in [-0.4, -0.2) is 15.8 Å². The molecule has 0 fully saturated rings. The fourth-order valence-corrected chi connectivity index (χ4v) is 3.82. The molecule has 4 nitrogen and oxygen atoms in total. The third kappa shape index (κ3) is 3.11. The van der Waals surface area contributed by atoms with Crippen molar-refractivity contribution in [1.82, 2.24) is 4.98 Å². The van der Waals surface area contributed by atoms with E-state index in [4.69, 9.17) is 11.6 Å². The molecule has 1 aromatic heterocycles. The van der Waals surface area contributed by atoms with Gasteiger partial charge in [-0.15, -0.1) is 0 Å². The minimum atomic E-state index is 0.000361. The molecule has 0 saturated heterocycles. The number of aliphatic imine (C=N–C) groups is 1.